The standard InChI is InChI=1S/C64H47N3/c1-63(2,3)39-32-45(38-25-26-52-46(30-38)44-22-14-15-23-51(44)65(52)41-18-8-7-9-19-41)60-47(33-39)48-34-40(64(4,5)6)35-50-57-54(67(60)61(48)50)28-29-55-59(57)58-43-21-13-11-17-37(43)31-49-56-42-20-12-10-16-36(42)24-27-53(56)66(55)62(49)58/h7-35H,1-6H3. The largest absolute Gasteiger partial charge is 0.309 e. The molecule has 5 heterocycles. The Bertz CT molecular complexity index is 4620. The molecular formula is C64H47N3. The van der Waals surface area contributed by atoms with E-state index in [0.29, 0.717) is 0 Å². The van der Waals surface area contributed by atoms with E-state index in [-0.39, 0.29) is 10.8 Å². The van der Waals surface area contributed by atoms with Crippen molar-refractivity contribution in [1.82, 2.24) is 13.4 Å². The number of hydrogen-bond acceptors (Lipinski definition) is 0. The van der Waals surface area contributed by atoms with Gasteiger partial charge in [0.05, 0.1) is 44.1 Å². The zero-order valence-electron chi connectivity index (χ0n) is 38.6. The topological polar surface area (TPSA) is 13.8 Å². The van der Waals surface area contributed by atoms with Crippen LogP contribution >= 0.6 is 0 Å². The van der Waals surface area contributed by atoms with E-state index in [4.69, 9.17) is 0 Å². The first-order valence-corrected chi connectivity index (χ1v) is 23.9. The van der Waals surface area contributed by atoms with E-state index in [1.807, 2.05) is 0 Å². The van der Waals surface area contributed by atoms with E-state index in [9.17, 15) is 0 Å². The van der Waals surface area contributed by atoms with Gasteiger partial charge in [-0.2, -0.15) is 0 Å². The number of rotatable bonds is 2. The molecule has 0 N–H and O–H groups in total. The molecule has 5 aromatic heterocycles. The molecular weight excluding hydrogens is 811 g/mol. The van der Waals surface area contributed by atoms with Gasteiger partial charge in [0.15, 0.2) is 0 Å². The van der Waals surface area contributed by atoms with Gasteiger partial charge in [-0.1, -0.05) is 139 Å². The summed E-state index contributed by atoms with van der Waals surface area (Å²) in [6.07, 6.45) is 0. The predicted molar refractivity (Wildman–Crippen MR) is 288 cm³/mol. The predicted octanol–water partition coefficient (Wildman–Crippen LogP) is 17.7. The highest BCUT2D eigenvalue weighted by molar-refractivity contribution is 6.41. The highest BCUT2D eigenvalue weighted by Gasteiger charge is 2.30. The van der Waals surface area contributed by atoms with Crippen molar-refractivity contribution in [2.75, 3.05) is 0 Å². The number of benzene rings is 10. The van der Waals surface area contributed by atoms with Gasteiger partial charge in [0, 0.05) is 65.1 Å². The Kier molecular flexibility index (Phi) is 6.97. The maximum Gasteiger partial charge on any atom is 0.0627 e. The monoisotopic (exact) mass is 857 g/mol. The third-order valence-electron chi connectivity index (χ3n) is 15.5. The van der Waals surface area contributed by atoms with Gasteiger partial charge in [0.1, 0.15) is 0 Å². The van der Waals surface area contributed by atoms with Crippen molar-refractivity contribution in [2.45, 2.75) is 52.4 Å². The summed E-state index contributed by atoms with van der Waals surface area (Å²) in [7, 11) is 0. The van der Waals surface area contributed by atoms with Gasteiger partial charge in [-0.25, -0.2) is 0 Å². The average Bonchev–Trinajstić information content (AvgIpc) is 4.13. The first-order valence-electron chi connectivity index (χ1n) is 23.9. The minimum absolute atomic E-state index is 0.0700. The summed E-state index contributed by atoms with van der Waals surface area (Å²) in [4.78, 5) is 0. The Morgan fingerprint density at radius 1 is 0.313 bits per heavy atom. The fourth-order valence-electron chi connectivity index (χ4n) is 12.4. The summed E-state index contributed by atoms with van der Waals surface area (Å²) in [5.74, 6) is 0. The lowest BCUT2D eigenvalue weighted by Gasteiger charge is -2.22. The fourth-order valence-corrected chi connectivity index (χ4v) is 12.4. The molecule has 318 valence electrons. The molecule has 0 atom stereocenters. The molecule has 15 rings (SSSR count). The molecule has 0 unspecified atom stereocenters. The Morgan fingerprint density at radius 3 is 1.63 bits per heavy atom. The lowest BCUT2D eigenvalue weighted by atomic mass is 9.83. The van der Waals surface area contributed by atoms with Crippen molar-refractivity contribution in [1.29, 1.82) is 0 Å². The van der Waals surface area contributed by atoms with Crippen LogP contribution in [0.5, 0.6) is 0 Å². The van der Waals surface area contributed by atoms with Crippen LogP contribution in [0.2, 0.25) is 0 Å². The maximum absolute atomic E-state index is 2.66. The average molecular weight is 858 g/mol. The second kappa shape index (κ2) is 12.5. The molecule has 0 saturated heterocycles. The zero-order valence-corrected chi connectivity index (χ0v) is 38.6. The highest BCUT2D eigenvalue weighted by Crippen LogP contribution is 2.52. The van der Waals surface area contributed by atoms with Crippen molar-refractivity contribution < 1.29 is 0 Å². The van der Waals surface area contributed by atoms with E-state index < -0.39 is 0 Å². The normalized spacial score (nSPS) is 13.2. The Labute approximate surface area is 387 Å². The Hall–Kier alpha value is -7.88. The van der Waals surface area contributed by atoms with Crippen molar-refractivity contribution in [2.24, 2.45) is 0 Å². The van der Waals surface area contributed by atoms with Gasteiger partial charge in [-0.3, -0.25) is 0 Å². The number of para-hydroxylation sites is 2. The minimum Gasteiger partial charge on any atom is -0.309 e. The number of nitrogens with zero attached hydrogens (tertiary/aromatic N) is 3. The van der Waals surface area contributed by atoms with E-state index >= 15 is 0 Å². The van der Waals surface area contributed by atoms with Crippen LogP contribution in [0, 0.1) is 0 Å². The molecule has 0 radical (unpaired) electrons. The Balaban J connectivity index is 1.14. The number of aromatic nitrogens is 3. The molecule has 3 heteroatoms. The van der Waals surface area contributed by atoms with Crippen LogP contribution in [0.3, 0.4) is 0 Å². The molecule has 0 aliphatic heterocycles. The van der Waals surface area contributed by atoms with Crippen LogP contribution in [0.1, 0.15) is 52.7 Å². The molecule has 67 heavy (non-hydrogen) atoms. The minimum atomic E-state index is -0.0719. The molecule has 0 spiro atoms. The molecule has 3 nitrogen and oxygen atoms in total. The van der Waals surface area contributed by atoms with Crippen LogP contribution in [0.25, 0.3) is 136 Å². The van der Waals surface area contributed by atoms with Crippen molar-refractivity contribution >= 4 is 120 Å². The molecule has 10 aromatic carbocycles. The van der Waals surface area contributed by atoms with E-state index in [1.165, 1.54) is 147 Å². The summed E-state index contributed by atoms with van der Waals surface area (Å²) in [5.41, 5.74) is 16.4. The summed E-state index contributed by atoms with van der Waals surface area (Å²) in [6.45, 7) is 14.2. The quantitative estimate of drug-likeness (QED) is 0.164. The first-order chi connectivity index (χ1) is 32.5. The van der Waals surface area contributed by atoms with E-state index in [2.05, 4.69) is 231 Å². The third kappa shape index (κ3) is 4.76. The van der Waals surface area contributed by atoms with Crippen LogP contribution in [-0.4, -0.2) is 13.4 Å². The highest BCUT2D eigenvalue weighted by atomic mass is 15.0. The lowest BCUT2D eigenvalue weighted by molar-refractivity contribution is 0.591. The summed E-state index contributed by atoms with van der Waals surface area (Å²) in [6, 6.07) is 66.9. The third-order valence-corrected chi connectivity index (χ3v) is 15.5. The first kappa shape index (κ1) is 37.4. The van der Waals surface area contributed by atoms with Crippen LogP contribution < -0.4 is 0 Å². The van der Waals surface area contributed by atoms with Gasteiger partial charge in [-0.15, -0.1) is 0 Å². The van der Waals surface area contributed by atoms with Gasteiger partial charge in [0.25, 0.3) is 0 Å². The van der Waals surface area contributed by atoms with Crippen molar-refractivity contribution in [3.05, 3.63) is 187 Å². The number of fused-ring (bicyclic) bond motifs is 20. The van der Waals surface area contributed by atoms with Crippen LogP contribution in [0.4, 0.5) is 0 Å². The fraction of sp³-hybridized carbons (Fsp3) is 0.125. The molecule has 15 aromatic rings. The van der Waals surface area contributed by atoms with E-state index in [1.54, 1.807) is 0 Å². The molecule has 0 fully saturated rings. The molecule has 0 bridgehead atoms. The van der Waals surface area contributed by atoms with E-state index in [0.717, 1.165) is 0 Å². The Morgan fingerprint density at radius 2 is 0.866 bits per heavy atom. The van der Waals surface area contributed by atoms with Gasteiger partial charge in [0.2, 0.25) is 0 Å². The summed E-state index contributed by atoms with van der Waals surface area (Å²) in [5, 5.41) is 18.4. The molecule has 0 saturated carbocycles. The van der Waals surface area contributed by atoms with Crippen LogP contribution in [0.15, 0.2) is 176 Å². The molecule has 0 aliphatic carbocycles. The van der Waals surface area contributed by atoms with Gasteiger partial charge >= 0.3 is 0 Å². The van der Waals surface area contributed by atoms with Crippen LogP contribution in [-0.2, 0) is 10.8 Å². The maximum atomic E-state index is 2.66. The lowest BCUT2D eigenvalue weighted by Crippen LogP contribution is -2.11. The molecule has 0 aliphatic rings. The second-order valence-corrected chi connectivity index (χ2v) is 21.3. The van der Waals surface area contributed by atoms with Crippen molar-refractivity contribution in [3.63, 3.8) is 0 Å². The zero-order chi connectivity index (χ0) is 44.8. The SMILES string of the molecule is CC(C)(C)c1cc(-c2ccc3c(c2)c2ccccc2n3-c2ccccc2)c2c(c1)c1cc(C(C)(C)C)cc3c4c5c6c7ccccc7cc7c8c9ccccc9ccc8n(c5ccc4n2c13)c76. The summed E-state index contributed by atoms with van der Waals surface area (Å²) >= 11 is 0. The molecule has 0 amide bonds. The number of hydrogen-bond donors (Lipinski definition) is 0. The van der Waals surface area contributed by atoms with Gasteiger partial charge in [-0.05, 0) is 128 Å². The second-order valence-electron chi connectivity index (χ2n) is 21.3. The smallest absolute Gasteiger partial charge is 0.0627 e. The summed E-state index contributed by atoms with van der Waals surface area (Å²) < 4.78 is 7.67. The van der Waals surface area contributed by atoms with Gasteiger partial charge < -0.3 is 13.4 Å². The van der Waals surface area contributed by atoms with Crippen molar-refractivity contribution in [3.8, 4) is 16.8 Å².